The predicted octanol–water partition coefficient (Wildman–Crippen LogP) is 10.1. The van der Waals surface area contributed by atoms with Crippen molar-refractivity contribution in [3.05, 3.63) is 172 Å². The number of nitrogens with zero attached hydrogens (tertiary/aromatic N) is 3. The van der Waals surface area contributed by atoms with Crippen LogP contribution in [0.15, 0.2) is 147 Å². The van der Waals surface area contributed by atoms with Crippen LogP contribution in [0.4, 0.5) is 0 Å². The number of amidine groups is 2. The lowest BCUT2D eigenvalue weighted by atomic mass is 9.86. The number of hydrogen-bond donors (Lipinski definition) is 1. The Labute approximate surface area is 291 Å². The molecule has 0 spiro atoms. The van der Waals surface area contributed by atoms with E-state index in [1.165, 1.54) is 33.8 Å². The number of furan rings is 1. The average molecular weight is 649 g/mol. The van der Waals surface area contributed by atoms with E-state index in [4.69, 9.17) is 14.4 Å². The van der Waals surface area contributed by atoms with Crippen molar-refractivity contribution in [2.24, 2.45) is 9.98 Å². The van der Waals surface area contributed by atoms with Gasteiger partial charge in [0.05, 0.1) is 11.1 Å². The van der Waals surface area contributed by atoms with Gasteiger partial charge in [0.25, 0.3) is 0 Å². The van der Waals surface area contributed by atoms with E-state index in [9.17, 15) is 0 Å². The molecule has 0 radical (unpaired) electrons. The molecule has 4 aromatic carbocycles. The Bertz CT molecular complexity index is 2490. The van der Waals surface area contributed by atoms with Gasteiger partial charge in [-0.15, -0.1) is 0 Å². The Morgan fingerprint density at radius 2 is 1.54 bits per heavy atom. The molecule has 0 saturated heterocycles. The van der Waals surface area contributed by atoms with Gasteiger partial charge in [0.1, 0.15) is 22.8 Å². The van der Waals surface area contributed by atoms with Crippen molar-refractivity contribution >= 4 is 45.8 Å². The first-order valence-electron chi connectivity index (χ1n) is 17.8. The number of rotatable bonds is 5. The normalized spacial score (nSPS) is 19.5. The minimum absolute atomic E-state index is 0.302. The van der Waals surface area contributed by atoms with Crippen LogP contribution in [0.1, 0.15) is 64.4 Å². The molecular weight excluding hydrogens is 613 g/mol. The fourth-order valence-electron chi connectivity index (χ4n) is 8.12. The lowest BCUT2D eigenvalue weighted by Gasteiger charge is -2.23. The molecule has 5 heteroatoms. The summed E-state index contributed by atoms with van der Waals surface area (Å²) in [6.07, 6.45) is 20.9. The fourth-order valence-corrected chi connectivity index (χ4v) is 8.12. The van der Waals surface area contributed by atoms with E-state index in [0.717, 1.165) is 82.4 Å². The van der Waals surface area contributed by atoms with Crippen molar-refractivity contribution in [2.75, 3.05) is 0 Å². The summed E-state index contributed by atoms with van der Waals surface area (Å²) in [6, 6.07) is 34.2. The van der Waals surface area contributed by atoms with Crippen LogP contribution >= 0.6 is 0 Å². The number of fused-ring (bicyclic) bond motifs is 6. The largest absolute Gasteiger partial charge is 0.456 e. The number of aliphatic imine (C=N–C) groups is 2. The van der Waals surface area contributed by atoms with Gasteiger partial charge in [0.2, 0.25) is 0 Å². The quantitative estimate of drug-likeness (QED) is 0.202. The molecular formula is C45H36N4O. The third kappa shape index (κ3) is 4.84. The molecule has 2 atom stereocenters. The van der Waals surface area contributed by atoms with Crippen LogP contribution in [0.2, 0.25) is 0 Å². The van der Waals surface area contributed by atoms with Gasteiger partial charge in [-0.3, -0.25) is 0 Å². The van der Waals surface area contributed by atoms with Crippen LogP contribution in [0.5, 0.6) is 0 Å². The zero-order valence-electron chi connectivity index (χ0n) is 27.7. The SMILES string of the molecule is C1=CC(C2N=C(c3ccccc3)NC(c3ccc4c(c3)oc3cccc(-n5c6c(c7c5CC(c5ccccc5)C=C7)CCC=C6)c34)=N2)=CCC1. The maximum absolute atomic E-state index is 6.67. The predicted molar refractivity (Wildman–Crippen MR) is 205 cm³/mol. The molecule has 2 unspecified atom stereocenters. The van der Waals surface area contributed by atoms with E-state index in [2.05, 4.69) is 131 Å². The van der Waals surface area contributed by atoms with E-state index in [1.807, 2.05) is 18.2 Å². The number of nitrogens with one attached hydrogen (secondary N) is 1. The van der Waals surface area contributed by atoms with E-state index < -0.39 is 0 Å². The molecule has 3 aliphatic carbocycles. The lowest BCUT2D eigenvalue weighted by Crippen LogP contribution is -2.38. The van der Waals surface area contributed by atoms with Crippen molar-refractivity contribution in [1.82, 2.24) is 9.88 Å². The highest BCUT2D eigenvalue weighted by atomic mass is 16.3. The standard InChI is InChI=1S/C45H36N4O/c1-4-13-29(14-5-1)32-23-25-35-34-19-10-11-20-37(34)49(39(35)27-32)38-21-12-22-40-42(38)36-26-24-33(28-41(36)50-40)45-47-43(30-15-6-2-7-16-30)46-44(48-45)31-17-8-3-9-18-31/h1-2,4-8,11-18,20-26,28,32,44H,3,9-10,19,27H2,(H,46,47,48). The minimum Gasteiger partial charge on any atom is -0.456 e. The number of benzene rings is 4. The Hall–Kier alpha value is -5.94. The third-order valence-electron chi connectivity index (χ3n) is 10.5. The van der Waals surface area contributed by atoms with Crippen LogP contribution < -0.4 is 5.32 Å². The van der Waals surface area contributed by atoms with Gasteiger partial charge in [-0.25, -0.2) is 9.98 Å². The summed E-state index contributed by atoms with van der Waals surface area (Å²) >= 11 is 0. The second-order valence-corrected chi connectivity index (χ2v) is 13.5. The molecule has 50 heavy (non-hydrogen) atoms. The summed E-state index contributed by atoms with van der Waals surface area (Å²) < 4.78 is 9.20. The molecule has 10 rings (SSSR count). The van der Waals surface area contributed by atoms with Gasteiger partial charge in [0.15, 0.2) is 6.17 Å². The molecule has 2 aromatic heterocycles. The molecule has 0 saturated carbocycles. The monoisotopic (exact) mass is 648 g/mol. The zero-order chi connectivity index (χ0) is 33.0. The van der Waals surface area contributed by atoms with Crippen molar-refractivity contribution in [3.63, 3.8) is 0 Å². The van der Waals surface area contributed by atoms with Crippen LogP contribution in [0.25, 0.3) is 39.8 Å². The summed E-state index contributed by atoms with van der Waals surface area (Å²) in [6.45, 7) is 0. The molecule has 0 bridgehead atoms. The van der Waals surface area contributed by atoms with Crippen LogP contribution in [-0.2, 0) is 12.8 Å². The first-order chi connectivity index (χ1) is 24.8. The minimum atomic E-state index is -0.302. The number of allylic oxidation sites excluding steroid dienone is 4. The Balaban J connectivity index is 1.09. The van der Waals surface area contributed by atoms with E-state index in [1.54, 1.807) is 0 Å². The van der Waals surface area contributed by atoms with Gasteiger partial charge in [-0.1, -0.05) is 109 Å². The molecule has 0 amide bonds. The fraction of sp³-hybridized carbons (Fsp3) is 0.156. The molecule has 3 heterocycles. The summed E-state index contributed by atoms with van der Waals surface area (Å²) in [4.78, 5) is 10.2. The van der Waals surface area contributed by atoms with E-state index >= 15 is 0 Å². The highest BCUT2D eigenvalue weighted by Gasteiger charge is 2.29. The van der Waals surface area contributed by atoms with Gasteiger partial charge >= 0.3 is 0 Å². The van der Waals surface area contributed by atoms with Crippen molar-refractivity contribution in [3.8, 4) is 5.69 Å². The third-order valence-corrected chi connectivity index (χ3v) is 10.5. The Kier molecular flexibility index (Phi) is 6.90. The second kappa shape index (κ2) is 11.9. The number of hydrogen-bond acceptors (Lipinski definition) is 4. The first kappa shape index (κ1) is 29.0. The van der Waals surface area contributed by atoms with E-state index in [-0.39, 0.29) is 6.17 Å². The molecule has 1 N–H and O–H groups in total. The lowest BCUT2D eigenvalue weighted by molar-refractivity contribution is 0.668. The van der Waals surface area contributed by atoms with Crippen molar-refractivity contribution in [2.45, 2.75) is 44.2 Å². The van der Waals surface area contributed by atoms with Gasteiger partial charge < -0.3 is 14.3 Å². The van der Waals surface area contributed by atoms with Crippen molar-refractivity contribution < 1.29 is 4.42 Å². The summed E-state index contributed by atoms with van der Waals surface area (Å²) in [5.41, 5.74) is 12.9. The van der Waals surface area contributed by atoms with Gasteiger partial charge in [-0.05, 0) is 84.7 Å². The highest BCUT2D eigenvalue weighted by Crippen LogP contribution is 2.42. The molecule has 4 aliphatic rings. The summed E-state index contributed by atoms with van der Waals surface area (Å²) in [5.74, 6) is 1.96. The molecule has 5 nitrogen and oxygen atoms in total. The zero-order valence-corrected chi connectivity index (χ0v) is 27.7. The number of aromatic nitrogens is 1. The highest BCUT2D eigenvalue weighted by molar-refractivity contribution is 6.18. The molecule has 1 aliphatic heterocycles. The van der Waals surface area contributed by atoms with Crippen LogP contribution in [0.3, 0.4) is 0 Å². The topological polar surface area (TPSA) is 54.8 Å². The summed E-state index contributed by atoms with van der Waals surface area (Å²) in [7, 11) is 0. The van der Waals surface area contributed by atoms with Gasteiger partial charge in [-0.2, -0.15) is 0 Å². The molecule has 242 valence electrons. The van der Waals surface area contributed by atoms with Crippen molar-refractivity contribution in [1.29, 1.82) is 0 Å². The first-order valence-corrected chi connectivity index (χ1v) is 17.8. The van der Waals surface area contributed by atoms with E-state index in [0.29, 0.717) is 5.92 Å². The average Bonchev–Trinajstić information content (AvgIpc) is 3.74. The van der Waals surface area contributed by atoms with Crippen LogP contribution in [0, 0.1) is 0 Å². The molecule has 6 aromatic rings. The Morgan fingerprint density at radius 1 is 0.720 bits per heavy atom. The second-order valence-electron chi connectivity index (χ2n) is 13.5. The van der Waals surface area contributed by atoms with Crippen LogP contribution in [-0.4, -0.2) is 22.4 Å². The maximum Gasteiger partial charge on any atom is 0.169 e. The Morgan fingerprint density at radius 3 is 2.38 bits per heavy atom. The summed E-state index contributed by atoms with van der Waals surface area (Å²) in [5, 5.41) is 5.80. The molecule has 0 fully saturated rings. The van der Waals surface area contributed by atoms with Gasteiger partial charge in [0, 0.05) is 33.8 Å². The maximum atomic E-state index is 6.67. The smallest absolute Gasteiger partial charge is 0.169 e.